The number of allylic oxidation sites excluding steroid dienone is 3. The molecule has 0 amide bonds. The number of H-pyrrole nitrogens is 1. The molecule has 0 bridgehead atoms. The summed E-state index contributed by atoms with van der Waals surface area (Å²) in [5.74, 6) is 0.742. The maximum absolute atomic E-state index is 5.69. The van der Waals surface area contributed by atoms with Crippen molar-refractivity contribution in [3.8, 4) is 6.57 Å². The van der Waals surface area contributed by atoms with Gasteiger partial charge in [-0.3, -0.25) is 0 Å². The van der Waals surface area contributed by atoms with E-state index in [2.05, 4.69) is 14.8 Å². The largest absolute Gasteiger partial charge is 0.351 e. The van der Waals surface area contributed by atoms with Gasteiger partial charge in [0.15, 0.2) is 0 Å². The smallest absolute Gasteiger partial charge is 0.305 e. The van der Waals surface area contributed by atoms with Crippen molar-refractivity contribution in [1.29, 1.82) is 0 Å². The molecule has 0 fully saturated rings. The van der Waals surface area contributed by atoms with Crippen molar-refractivity contribution in [1.82, 2.24) is 9.97 Å². The highest BCUT2D eigenvalue weighted by molar-refractivity contribution is 6.31. The summed E-state index contributed by atoms with van der Waals surface area (Å²) in [6.45, 7) is 12.9. The molecular weight excluding hydrogens is 209 g/mol. The number of aromatic nitrogens is 2. The van der Waals surface area contributed by atoms with Gasteiger partial charge >= 0.3 is 6.20 Å². The van der Waals surface area contributed by atoms with E-state index in [0.717, 1.165) is 23.5 Å². The molecular formula is C13H19BN3+. The third kappa shape index (κ3) is 4.73. The molecule has 1 rings (SSSR count). The molecule has 1 heterocycles. The van der Waals surface area contributed by atoms with Gasteiger partial charge in [0.25, 0.3) is 6.57 Å². The van der Waals surface area contributed by atoms with Gasteiger partial charge < -0.3 is 4.98 Å². The van der Waals surface area contributed by atoms with Crippen LogP contribution in [0.2, 0.25) is 0 Å². The minimum atomic E-state index is 0.588. The quantitative estimate of drug-likeness (QED) is 0.626. The molecule has 0 aliphatic carbocycles. The first kappa shape index (κ1) is 15.2. The van der Waals surface area contributed by atoms with Crippen LogP contribution in [0.5, 0.6) is 0 Å². The molecule has 0 saturated heterocycles. The topological polar surface area (TPSA) is 33.0 Å². The van der Waals surface area contributed by atoms with Gasteiger partial charge in [0.2, 0.25) is 0 Å². The molecule has 0 aliphatic rings. The number of nitrogens with one attached hydrogen (secondary N) is 1. The second kappa shape index (κ2) is 8.40. The van der Waals surface area contributed by atoms with Gasteiger partial charge in [-0.15, -0.1) is 0 Å². The molecule has 88 valence electrons. The molecule has 0 saturated carbocycles. The number of hydrogen-bond acceptors (Lipinski definition) is 1. The lowest BCUT2D eigenvalue weighted by atomic mass is 10.0. The van der Waals surface area contributed by atoms with Gasteiger partial charge in [-0.05, 0) is 23.8 Å². The molecule has 4 heteroatoms. The van der Waals surface area contributed by atoms with Crippen LogP contribution in [0.25, 0.3) is 10.4 Å². The van der Waals surface area contributed by atoms with Gasteiger partial charge in [-0.1, -0.05) is 26.8 Å². The predicted molar refractivity (Wildman–Crippen MR) is 75.8 cm³/mol. The number of rotatable bonds is 3. The lowest BCUT2D eigenvalue weighted by Crippen LogP contribution is -2.06. The van der Waals surface area contributed by atoms with E-state index in [1.807, 2.05) is 33.8 Å². The van der Waals surface area contributed by atoms with Crippen molar-refractivity contribution in [2.24, 2.45) is 0 Å². The fourth-order valence-corrected chi connectivity index (χ4v) is 1.20. The molecule has 1 aromatic heterocycles. The Hall–Kier alpha value is -1.76. The summed E-state index contributed by atoms with van der Waals surface area (Å²) < 4.78 is 0. The standard InChI is InChI=1S/C11H13BN3.C2H6/c1-4-5-9(6-7-13-3)11-14-8(2)10(12)15-11;1-2/h3,5-7H,4H2,1-2H3,(H,14,15);1-2H3/q+1;/b7-6-,9-5+;. The average Bonchev–Trinajstić information content (AvgIpc) is 2.67. The van der Waals surface area contributed by atoms with Crippen molar-refractivity contribution in [2.45, 2.75) is 34.1 Å². The molecule has 2 radical (unpaired) electrons. The second-order valence-electron chi connectivity index (χ2n) is 3.12. The molecule has 0 aliphatic heterocycles. The van der Waals surface area contributed by atoms with Gasteiger partial charge in [-0.25, -0.2) is 4.98 Å². The Bertz CT molecular complexity index is 417. The highest BCUT2D eigenvalue weighted by Gasteiger charge is 2.05. The van der Waals surface area contributed by atoms with Crippen LogP contribution in [0, 0.1) is 13.5 Å². The van der Waals surface area contributed by atoms with Crippen molar-refractivity contribution in [3.05, 3.63) is 34.7 Å². The highest BCUT2D eigenvalue weighted by Crippen LogP contribution is 2.12. The number of aromatic amines is 1. The molecule has 17 heavy (non-hydrogen) atoms. The Morgan fingerprint density at radius 3 is 2.59 bits per heavy atom. The molecule has 1 aromatic rings. The predicted octanol–water partition coefficient (Wildman–Crippen LogP) is 2.81. The maximum Gasteiger partial charge on any atom is 0.305 e. The van der Waals surface area contributed by atoms with E-state index in [9.17, 15) is 0 Å². The van der Waals surface area contributed by atoms with Gasteiger partial charge in [-0.2, -0.15) is 0 Å². The van der Waals surface area contributed by atoms with Crippen LogP contribution in [0.4, 0.5) is 0 Å². The van der Waals surface area contributed by atoms with E-state index in [1.165, 1.54) is 6.20 Å². The average molecular weight is 228 g/mol. The number of imidazole rings is 1. The fourth-order valence-electron chi connectivity index (χ4n) is 1.20. The lowest BCUT2D eigenvalue weighted by molar-refractivity contribution is 1.18. The van der Waals surface area contributed by atoms with Crippen LogP contribution >= 0.6 is 0 Å². The second-order valence-corrected chi connectivity index (χ2v) is 3.12. The zero-order valence-electron chi connectivity index (χ0n) is 11.0. The van der Waals surface area contributed by atoms with Crippen LogP contribution in [0.15, 0.2) is 18.4 Å². The number of aryl methyl sites for hydroxylation is 1. The summed E-state index contributed by atoms with van der Waals surface area (Å²) >= 11 is 0. The van der Waals surface area contributed by atoms with E-state index >= 15 is 0 Å². The molecule has 1 N–H and O–H groups in total. The Kier molecular flexibility index (Phi) is 7.54. The zero-order chi connectivity index (χ0) is 13.3. The first-order valence-electron chi connectivity index (χ1n) is 5.78. The van der Waals surface area contributed by atoms with Crippen LogP contribution in [0.3, 0.4) is 0 Å². The van der Waals surface area contributed by atoms with E-state index < -0.39 is 0 Å². The minimum absolute atomic E-state index is 0.588. The third-order valence-electron chi connectivity index (χ3n) is 1.96. The third-order valence-corrected chi connectivity index (χ3v) is 1.96. The minimum Gasteiger partial charge on any atom is -0.351 e. The van der Waals surface area contributed by atoms with Crippen molar-refractivity contribution < 1.29 is 0 Å². The van der Waals surface area contributed by atoms with E-state index in [4.69, 9.17) is 14.4 Å². The van der Waals surface area contributed by atoms with Crippen LogP contribution in [-0.2, 0) is 0 Å². The van der Waals surface area contributed by atoms with E-state index in [1.54, 1.807) is 6.08 Å². The highest BCUT2D eigenvalue weighted by atomic mass is 14.9. The van der Waals surface area contributed by atoms with Crippen LogP contribution in [0.1, 0.15) is 38.7 Å². The molecule has 0 aromatic carbocycles. The first-order chi connectivity index (χ1) is 8.19. The van der Waals surface area contributed by atoms with Gasteiger partial charge in [0.05, 0.1) is 0 Å². The fraction of sp³-hybridized carbons (Fsp3) is 0.385. The normalized spacial score (nSPS) is 10.9. The van der Waals surface area contributed by atoms with Gasteiger partial charge in [0.1, 0.15) is 13.7 Å². The van der Waals surface area contributed by atoms with E-state index in [-0.39, 0.29) is 0 Å². The first-order valence-corrected chi connectivity index (χ1v) is 5.78. The Labute approximate surface area is 105 Å². The Balaban J connectivity index is 0.00000121. The summed E-state index contributed by atoms with van der Waals surface area (Å²) in [6.07, 6.45) is 6.25. The van der Waals surface area contributed by atoms with Crippen LogP contribution in [-0.4, -0.2) is 17.8 Å². The summed E-state index contributed by atoms with van der Waals surface area (Å²) in [5, 5.41) is 0. The molecule has 0 unspecified atom stereocenters. The lowest BCUT2D eigenvalue weighted by Gasteiger charge is -1.94. The Morgan fingerprint density at radius 1 is 1.53 bits per heavy atom. The molecule has 3 nitrogen and oxygen atoms in total. The summed E-state index contributed by atoms with van der Waals surface area (Å²) in [5.41, 5.74) is 2.32. The summed E-state index contributed by atoms with van der Waals surface area (Å²) in [7, 11) is 5.69. The van der Waals surface area contributed by atoms with Crippen molar-refractivity contribution in [2.75, 3.05) is 0 Å². The van der Waals surface area contributed by atoms with Gasteiger partial charge in [0, 0.05) is 17.3 Å². The molecule has 0 atom stereocenters. The summed E-state index contributed by atoms with van der Waals surface area (Å²) in [4.78, 5) is 10.7. The number of hydrogen-bond donors (Lipinski definition) is 1. The number of nitrogens with zero attached hydrogens (tertiary/aromatic N) is 2. The maximum atomic E-state index is 5.69. The molecule has 0 spiro atoms. The zero-order valence-corrected chi connectivity index (χ0v) is 11.0. The van der Waals surface area contributed by atoms with E-state index in [0.29, 0.717) is 5.59 Å². The van der Waals surface area contributed by atoms with Crippen LogP contribution < -0.4 is 5.59 Å². The SMILES string of the molecule is CC.[B]c1[nH]c(C(/C=C\[N+]#C)=C/CC)nc1C. The van der Waals surface area contributed by atoms with Crippen molar-refractivity contribution >= 4 is 19.0 Å². The van der Waals surface area contributed by atoms with Crippen molar-refractivity contribution in [3.63, 3.8) is 0 Å². The summed E-state index contributed by atoms with van der Waals surface area (Å²) in [6, 6.07) is 0. The Morgan fingerprint density at radius 2 is 2.18 bits per heavy atom. The monoisotopic (exact) mass is 228 g/mol.